The Bertz CT molecular complexity index is 605. The maximum Gasteiger partial charge on any atom is 0.181 e. The zero-order chi connectivity index (χ0) is 13.4. The van der Waals surface area contributed by atoms with Gasteiger partial charge in [-0.05, 0) is 30.9 Å². The molecule has 1 aliphatic carbocycles. The fraction of sp³-hybridized carbons (Fsp3) is 0.312. The minimum Gasteiger partial charge on any atom is -0.443 e. The first kappa shape index (κ1) is 12.1. The number of anilines is 1. The van der Waals surface area contributed by atoms with Gasteiger partial charge < -0.3 is 9.32 Å². The SMILES string of the molecule is C1=C(c2cnco2)SC(C2CCC2)N1c1ccccc1. The minimum absolute atomic E-state index is 0.492. The lowest BCUT2D eigenvalue weighted by Crippen LogP contribution is -2.35. The molecule has 0 amide bonds. The summed E-state index contributed by atoms with van der Waals surface area (Å²) in [5.74, 6) is 1.65. The number of para-hydroxylation sites is 1. The number of oxazole rings is 1. The molecule has 1 fully saturated rings. The number of hydrogen-bond donors (Lipinski definition) is 0. The molecule has 3 nitrogen and oxygen atoms in total. The van der Waals surface area contributed by atoms with Crippen molar-refractivity contribution >= 4 is 22.4 Å². The van der Waals surface area contributed by atoms with Gasteiger partial charge in [0.1, 0.15) is 0 Å². The maximum atomic E-state index is 5.45. The van der Waals surface area contributed by atoms with Crippen LogP contribution in [0.1, 0.15) is 25.0 Å². The Kier molecular flexibility index (Phi) is 3.03. The van der Waals surface area contributed by atoms with E-state index in [1.807, 2.05) is 11.8 Å². The van der Waals surface area contributed by atoms with Crippen molar-refractivity contribution in [2.24, 2.45) is 5.92 Å². The van der Waals surface area contributed by atoms with E-state index in [4.69, 9.17) is 4.42 Å². The van der Waals surface area contributed by atoms with Gasteiger partial charge in [0.15, 0.2) is 12.2 Å². The monoisotopic (exact) mass is 284 g/mol. The summed E-state index contributed by atoms with van der Waals surface area (Å²) in [6.45, 7) is 0. The first-order valence-corrected chi connectivity index (χ1v) is 7.90. The molecule has 2 heterocycles. The molecule has 0 saturated heterocycles. The van der Waals surface area contributed by atoms with Crippen LogP contribution >= 0.6 is 11.8 Å². The molecular formula is C16H16N2OS. The molecule has 2 aliphatic rings. The van der Waals surface area contributed by atoms with Crippen LogP contribution in [0.3, 0.4) is 0 Å². The van der Waals surface area contributed by atoms with E-state index in [1.165, 1.54) is 36.2 Å². The summed E-state index contributed by atoms with van der Waals surface area (Å²) in [6, 6.07) is 10.6. The highest BCUT2D eigenvalue weighted by atomic mass is 32.2. The van der Waals surface area contributed by atoms with Crippen molar-refractivity contribution in [1.29, 1.82) is 0 Å². The number of hydrogen-bond acceptors (Lipinski definition) is 4. The average molecular weight is 284 g/mol. The van der Waals surface area contributed by atoms with Gasteiger partial charge in [0.25, 0.3) is 0 Å². The van der Waals surface area contributed by atoms with Crippen molar-refractivity contribution in [2.45, 2.75) is 24.6 Å². The van der Waals surface area contributed by atoms with E-state index < -0.39 is 0 Å². The van der Waals surface area contributed by atoms with Crippen molar-refractivity contribution in [3.05, 3.63) is 54.9 Å². The van der Waals surface area contributed by atoms with E-state index in [0.29, 0.717) is 5.37 Å². The normalized spacial score (nSPS) is 22.7. The van der Waals surface area contributed by atoms with Gasteiger partial charge in [0.2, 0.25) is 0 Å². The molecule has 2 aromatic rings. The van der Waals surface area contributed by atoms with E-state index in [2.05, 4.69) is 46.4 Å². The quantitative estimate of drug-likeness (QED) is 0.838. The molecule has 0 radical (unpaired) electrons. The van der Waals surface area contributed by atoms with E-state index in [-0.39, 0.29) is 0 Å². The van der Waals surface area contributed by atoms with Gasteiger partial charge in [-0.25, -0.2) is 4.98 Å². The third-order valence-electron chi connectivity index (χ3n) is 4.06. The number of thioether (sulfide) groups is 1. The smallest absolute Gasteiger partial charge is 0.181 e. The lowest BCUT2D eigenvalue weighted by atomic mass is 9.84. The Morgan fingerprint density at radius 3 is 2.70 bits per heavy atom. The van der Waals surface area contributed by atoms with Crippen LogP contribution in [0.2, 0.25) is 0 Å². The summed E-state index contributed by atoms with van der Waals surface area (Å²) in [7, 11) is 0. The van der Waals surface area contributed by atoms with Gasteiger partial charge in [-0.2, -0.15) is 0 Å². The second-order valence-corrected chi connectivity index (χ2v) is 6.46. The molecule has 0 spiro atoms. The molecule has 1 unspecified atom stereocenters. The first-order valence-electron chi connectivity index (χ1n) is 7.02. The van der Waals surface area contributed by atoms with Crippen molar-refractivity contribution in [1.82, 2.24) is 4.98 Å². The van der Waals surface area contributed by atoms with Crippen LogP contribution in [0.15, 0.2) is 53.5 Å². The average Bonchev–Trinajstić information content (AvgIpc) is 3.06. The third kappa shape index (κ3) is 2.04. The van der Waals surface area contributed by atoms with Crippen molar-refractivity contribution < 1.29 is 4.42 Å². The van der Waals surface area contributed by atoms with Gasteiger partial charge in [0, 0.05) is 11.9 Å². The fourth-order valence-electron chi connectivity index (χ4n) is 2.75. The summed E-state index contributed by atoms with van der Waals surface area (Å²) in [4.78, 5) is 7.61. The first-order chi connectivity index (χ1) is 9.92. The van der Waals surface area contributed by atoms with Gasteiger partial charge in [-0.15, -0.1) is 0 Å². The lowest BCUT2D eigenvalue weighted by molar-refractivity contribution is 0.309. The zero-order valence-electron chi connectivity index (χ0n) is 11.1. The summed E-state index contributed by atoms with van der Waals surface area (Å²) < 4.78 is 5.45. The Hall–Kier alpha value is -1.68. The van der Waals surface area contributed by atoms with Crippen LogP contribution in [0.25, 0.3) is 4.91 Å². The second kappa shape index (κ2) is 5.02. The number of rotatable bonds is 3. The van der Waals surface area contributed by atoms with Crippen LogP contribution in [-0.4, -0.2) is 10.4 Å². The maximum absolute atomic E-state index is 5.45. The predicted molar refractivity (Wildman–Crippen MR) is 82.1 cm³/mol. The summed E-state index contributed by atoms with van der Waals surface area (Å²) in [5.41, 5.74) is 1.26. The standard InChI is InChI=1S/C16H16N2OS/c1-2-7-13(8-3-1)18-10-15(14-9-17-11-19-14)20-16(18)12-5-4-6-12/h1-3,7-12,16H,4-6H2. The van der Waals surface area contributed by atoms with Crippen molar-refractivity contribution in [2.75, 3.05) is 4.90 Å². The van der Waals surface area contributed by atoms with Gasteiger partial charge in [0.05, 0.1) is 16.5 Å². The van der Waals surface area contributed by atoms with Crippen LogP contribution in [0, 0.1) is 5.92 Å². The fourth-order valence-corrected chi connectivity index (χ4v) is 4.16. The topological polar surface area (TPSA) is 29.3 Å². The van der Waals surface area contributed by atoms with E-state index >= 15 is 0 Å². The molecule has 1 aliphatic heterocycles. The van der Waals surface area contributed by atoms with E-state index in [0.717, 1.165) is 11.7 Å². The molecule has 4 rings (SSSR count). The molecule has 20 heavy (non-hydrogen) atoms. The Morgan fingerprint density at radius 2 is 2.05 bits per heavy atom. The molecule has 4 heteroatoms. The highest BCUT2D eigenvalue weighted by molar-refractivity contribution is 8.09. The number of aromatic nitrogens is 1. The molecule has 1 atom stereocenters. The summed E-state index contributed by atoms with van der Waals surface area (Å²) in [6.07, 6.45) is 9.54. The number of nitrogens with zero attached hydrogens (tertiary/aromatic N) is 2. The van der Waals surface area contributed by atoms with Crippen LogP contribution in [-0.2, 0) is 0 Å². The van der Waals surface area contributed by atoms with E-state index in [1.54, 1.807) is 6.20 Å². The summed E-state index contributed by atoms with van der Waals surface area (Å²) in [5, 5.41) is 0.492. The molecule has 0 bridgehead atoms. The zero-order valence-corrected chi connectivity index (χ0v) is 11.9. The van der Waals surface area contributed by atoms with Crippen molar-refractivity contribution in [3.8, 4) is 0 Å². The highest BCUT2D eigenvalue weighted by Crippen LogP contribution is 2.49. The second-order valence-electron chi connectivity index (χ2n) is 5.30. The predicted octanol–water partition coefficient (Wildman–Crippen LogP) is 4.35. The lowest BCUT2D eigenvalue weighted by Gasteiger charge is -2.36. The van der Waals surface area contributed by atoms with Gasteiger partial charge in [-0.1, -0.05) is 36.4 Å². The van der Waals surface area contributed by atoms with Crippen LogP contribution in [0.4, 0.5) is 5.69 Å². The van der Waals surface area contributed by atoms with Crippen LogP contribution < -0.4 is 4.90 Å². The largest absolute Gasteiger partial charge is 0.443 e. The van der Waals surface area contributed by atoms with Crippen LogP contribution in [0.5, 0.6) is 0 Å². The molecule has 1 aromatic carbocycles. The molecule has 0 N–H and O–H groups in total. The Labute approximate surface area is 122 Å². The molecule has 1 saturated carbocycles. The molecule has 102 valence electrons. The summed E-state index contributed by atoms with van der Waals surface area (Å²) >= 11 is 1.91. The Balaban J connectivity index is 1.68. The molecule has 1 aromatic heterocycles. The Morgan fingerprint density at radius 1 is 1.20 bits per heavy atom. The minimum atomic E-state index is 0.492. The van der Waals surface area contributed by atoms with Gasteiger partial charge in [-0.3, -0.25) is 0 Å². The third-order valence-corrected chi connectivity index (χ3v) is 5.47. The highest BCUT2D eigenvalue weighted by Gasteiger charge is 2.37. The van der Waals surface area contributed by atoms with E-state index in [9.17, 15) is 0 Å². The van der Waals surface area contributed by atoms with Crippen molar-refractivity contribution in [3.63, 3.8) is 0 Å². The number of benzene rings is 1. The molecular weight excluding hydrogens is 268 g/mol. The van der Waals surface area contributed by atoms with Gasteiger partial charge >= 0.3 is 0 Å².